The molecule has 0 radical (unpaired) electrons. The van der Waals surface area contributed by atoms with Crippen LogP contribution < -0.4 is 10.3 Å². The Hall–Kier alpha value is -3.88. The largest absolute Gasteiger partial charge is 0.365 e. The zero-order chi connectivity index (χ0) is 24.6. The quantitative estimate of drug-likeness (QED) is 0.403. The molecule has 6 nitrogen and oxygen atoms in total. The van der Waals surface area contributed by atoms with Crippen LogP contribution in [-0.2, 0) is 6.42 Å². The van der Waals surface area contributed by atoms with Gasteiger partial charge < -0.3 is 4.90 Å². The molecule has 180 valence electrons. The van der Waals surface area contributed by atoms with E-state index in [4.69, 9.17) is 0 Å². The number of nitrogens with zero attached hydrogens (tertiary/aromatic N) is 5. The summed E-state index contributed by atoms with van der Waals surface area (Å²) in [6.07, 6.45) is 3.71. The van der Waals surface area contributed by atoms with Crippen LogP contribution in [0, 0.1) is 5.82 Å². The molecule has 1 aliphatic rings. The van der Waals surface area contributed by atoms with Gasteiger partial charge in [-0.25, -0.2) is 22.5 Å². The number of halogens is 3. The normalized spacial score (nSPS) is 15.4. The molecule has 9 heteroatoms. The van der Waals surface area contributed by atoms with Gasteiger partial charge in [-0.15, -0.1) is 0 Å². The van der Waals surface area contributed by atoms with Crippen molar-refractivity contribution in [3.8, 4) is 22.8 Å². The molecule has 5 rings (SSSR count). The van der Waals surface area contributed by atoms with Crippen molar-refractivity contribution in [2.75, 3.05) is 18.0 Å². The van der Waals surface area contributed by atoms with E-state index in [1.165, 1.54) is 27.9 Å². The van der Waals surface area contributed by atoms with E-state index in [-0.39, 0.29) is 23.2 Å². The van der Waals surface area contributed by atoms with E-state index in [0.29, 0.717) is 36.3 Å². The summed E-state index contributed by atoms with van der Waals surface area (Å²) in [6, 6.07) is 15.4. The van der Waals surface area contributed by atoms with E-state index in [2.05, 4.69) is 10.2 Å². The number of benzene rings is 2. The van der Waals surface area contributed by atoms with Gasteiger partial charge in [0.15, 0.2) is 11.5 Å². The minimum absolute atomic E-state index is 0.124. The van der Waals surface area contributed by atoms with Crippen LogP contribution in [0.5, 0.6) is 0 Å². The first-order chi connectivity index (χ1) is 16.9. The Morgan fingerprint density at radius 2 is 1.86 bits per heavy atom. The summed E-state index contributed by atoms with van der Waals surface area (Å²) < 4.78 is 45.9. The average molecular weight is 480 g/mol. The molecule has 1 fully saturated rings. The third kappa shape index (κ3) is 4.45. The molecule has 0 bridgehead atoms. The second-order valence-corrected chi connectivity index (χ2v) is 8.61. The lowest BCUT2D eigenvalue weighted by Gasteiger charge is -2.34. The van der Waals surface area contributed by atoms with E-state index >= 15 is 4.39 Å². The summed E-state index contributed by atoms with van der Waals surface area (Å²) in [4.78, 5) is 14.7. The minimum atomic E-state index is -2.79. The molecule has 0 N–H and O–H groups in total. The Balaban J connectivity index is 1.57. The standard InChI is InChI=1S/C26H24F3N5O/c1-2-18-16-33(22-10-9-20(15-21(22)27)32-14-6-12-26(28,29)17-32)31-24(25(18)35)23-11-13-30-34(23)19-7-4-3-5-8-19/h3-5,7-11,13,15-16H,2,6,12,14,17H2,1H3. The summed E-state index contributed by atoms with van der Waals surface area (Å²) in [5.41, 5.74) is 2.12. The van der Waals surface area contributed by atoms with Crippen LogP contribution in [0.15, 0.2) is 71.8 Å². The second-order valence-electron chi connectivity index (χ2n) is 8.61. The maximum absolute atomic E-state index is 15.3. The molecular weight excluding hydrogens is 455 g/mol. The van der Waals surface area contributed by atoms with Crippen molar-refractivity contribution in [1.29, 1.82) is 0 Å². The fourth-order valence-electron chi connectivity index (χ4n) is 4.41. The lowest BCUT2D eigenvalue weighted by atomic mass is 10.1. The number of alkyl halides is 2. The summed E-state index contributed by atoms with van der Waals surface area (Å²) in [5, 5.41) is 8.82. The summed E-state index contributed by atoms with van der Waals surface area (Å²) in [7, 11) is 0. The Labute approximate surface area is 200 Å². The van der Waals surface area contributed by atoms with E-state index in [1.807, 2.05) is 37.3 Å². The molecule has 0 unspecified atom stereocenters. The third-order valence-electron chi connectivity index (χ3n) is 6.20. The number of hydrogen-bond acceptors (Lipinski definition) is 4. The fraction of sp³-hybridized carbons (Fsp3) is 0.269. The molecule has 0 aliphatic carbocycles. The van der Waals surface area contributed by atoms with E-state index in [9.17, 15) is 13.6 Å². The highest BCUT2D eigenvalue weighted by Gasteiger charge is 2.35. The average Bonchev–Trinajstić information content (AvgIpc) is 3.34. The zero-order valence-electron chi connectivity index (χ0n) is 19.2. The smallest absolute Gasteiger partial charge is 0.265 e. The molecule has 0 saturated carbocycles. The SMILES string of the molecule is CCc1cn(-c2ccc(N3CCCC(F)(F)C3)cc2F)nc(-c2ccnn2-c2ccccc2)c1=O. The highest BCUT2D eigenvalue weighted by Crippen LogP contribution is 2.31. The summed E-state index contributed by atoms with van der Waals surface area (Å²) in [6.45, 7) is 1.85. The predicted octanol–water partition coefficient (Wildman–Crippen LogP) is 5.02. The van der Waals surface area contributed by atoms with Gasteiger partial charge in [0.25, 0.3) is 5.92 Å². The first kappa shape index (κ1) is 22.9. The third-order valence-corrected chi connectivity index (χ3v) is 6.20. The van der Waals surface area contributed by atoms with Crippen molar-refractivity contribution >= 4 is 5.69 Å². The van der Waals surface area contributed by atoms with E-state index < -0.39 is 18.3 Å². The van der Waals surface area contributed by atoms with Crippen molar-refractivity contribution in [2.24, 2.45) is 0 Å². The molecule has 0 spiro atoms. The molecule has 1 saturated heterocycles. The van der Waals surface area contributed by atoms with E-state index in [0.717, 1.165) is 5.69 Å². The number of hydrogen-bond donors (Lipinski definition) is 0. The van der Waals surface area contributed by atoms with Gasteiger partial charge in [-0.05, 0) is 49.2 Å². The zero-order valence-corrected chi connectivity index (χ0v) is 19.2. The maximum Gasteiger partial charge on any atom is 0.265 e. The van der Waals surface area contributed by atoms with Crippen LogP contribution in [0.1, 0.15) is 25.3 Å². The Morgan fingerprint density at radius 1 is 1.06 bits per heavy atom. The maximum atomic E-state index is 15.3. The number of aromatic nitrogens is 4. The molecule has 0 atom stereocenters. The number of para-hydroxylation sites is 1. The lowest BCUT2D eigenvalue weighted by Crippen LogP contribution is -2.42. The summed E-state index contributed by atoms with van der Waals surface area (Å²) >= 11 is 0. The molecule has 1 aliphatic heterocycles. The van der Waals surface area contributed by atoms with Crippen molar-refractivity contribution in [2.45, 2.75) is 32.1 Å². The highest BCUT2D eigenvalue weighted by molar-refractivity contribution is 5.59. The van der Waals surface area contributed by atoms with Crippen molar-refractivity contribution in [3.63, 3.8) is 0 Å². The predicted molar refractivity (Wildman–Crippen MR) is 128 cm³/mol. The van der Waals surface area contributed by atoms with Gasteiger partial charge in [-0.2, -0.15) is 10.2 Å². The van der Waals surface area contributed by atoms with Crippen molar-refractivity contribution in [3.05, 3.63) is 88.6 Å². The van der Waals surface area contributed by atoms with Crippen LogP contribution in [0.2, 0.25) is 0 Å². The summed E-state index contributed by atoms with van der Waals surface area (Å²) in [5.74, 6) is -3.41. The topological polar surface area (TPSA) is 56.0 Å². The molecule has 2 aromatic heterocycles. The monoisotopic (exact) mass is 479 g/mol. The second kappa shape index (κ2) is 9.05. The van der Waals surface area contributed by atoms with Crippen LogP contribution in [0.4, 0.5) is 18.9 Å². The molecule has 2 aromatic carbocycles. The molecule has 4 aromatic rings. The van der Waals surface area contributed by atoms with Crippen LogP contribution >= 0.6 is 0 Å². The van der Waals surface area contributed by atoms with Gasteiger partial charge >= 0.3 is 0 Å². The van der Waals surface area contributed by atoms with Gasteiger partial charge in [0.1, 0.15) is 5.69 Å². The van der Waals surface area contributed by atoms with Crippen LogP contribution in [0.25, 0.3) is 22.8 Å². The van der Waals surface area contributed by atoms with Gasteiger partial charge in [-0.3, -0.25) is 4.79 Å². The lowest BCUT2D eigenvalue weighted by molar-refractivity contribution is -0.0116. The van der Waals surface area contributed by atoms with Crippen molar-refractivity contribution < 1.29 is 13.2 Å². The molecule has 3 heterocycles. The number of anilines is 1. The van der Waals surface area contributed by atoms with E-state index in [1.54, 1.807) is 23.0 Å². The Kier molecular flexibility index (Phi) is 5.92. The molecule has 0 amide bonds. The minimum Gasteiger partial charge on any atom is -0.365 e. The first-order valence-corrected chi connectivity index (χ1v) is 11.5. The van der Waals surface area contributed by atoms with Crippen LogP contribution in [0.3, 0.4) is 0 Å². The van der Waals surface area contributed by atoms with Gasteiger partial charge in [0, 0.05) is 30.4 Å². The Bertz CT molecular complexity index is 1410. The number of aryl methyl sites for hydroxylation is 1. The highest BCUT2D eigenvalue weighted by atomic mass is 19.3. The number of piperidine rings is 1. The van der Waals surface area contributed by atoms with Gasteiger partial charge in [0.2, 0.25) is 5.43 Å². The van der Waals surface area contributed by atoms with Crippen LogP contribution in [-0.4, -0.2) is 38.6 Å². The number of rotatable bonds is 5. The van der Waals surface area contributed by atoms with Gasteiger partial charge in [-0.1, -0.05) is 25.1 Å². The van der Waals surface area contributed by atoms with Crippen molar-refractivity contribution in [1.82, 2.24) is 19.6 Å². The molecular formula is C26H24F3N5O. The molecule has 35 heavy (non-hydrogen) atoms. The fourth-order valence-corrected chi connectivity index (χ4v) is 4.41. The first-order valence-electron chi connectivity index (χ1n) is 11.5. The van der Waals surface area contributed by atoms with Gasteiger partial charge in [0.05, 0.1) is 24.1 Å². The Morgan fingerprint density at radius 3 is 2.57 bits per heavy atom.